The number of thioether (sulfide) groups is 1. The molecule has 1 aromatic carbocycles. The first-order valence-electron chi connectivity index (χ1n) is 4.85. The molecule has 5 heteroatoms. The SMILES string of the molecule is Fc1cccc2c1CN1C(CCl)=CSC1=N2. The predicted molar refractivity (Wildman–Crippen MR) is 65.4 cm³/mol. The number of benzene rings is 1. The maximum atomic E-state index is 13.6. The van der Waals surface area contributed by atoms with Crippen molar-refractivity contribution in [2.75, 3.05) is 5.88 Å². The van der Waals surface area contributed by atoms with Crippen molar-refractivity contribution in [3.05, 3.63) is 40.7 Å². The third-order valence-corrected chi connectivity index (χ3v) is 3.83. The lowest BCUT2D eigenvalue weighted by Crippen LogP contribution is -2.27. The molecule has 0 unspecified atom stereocenters. The molecule has 0 aliphatic carbocycles. The van der Waals surface area contributed by atoms with Gasteiger partial charge in [0.25, 0.3) is 0 Å². The highest BCUT2D eigenvalue weighted by molar-refractivity contribution is 8.16. The van der Waals surface area contributed by atoms with Crippen molar-refractivity contribution in [2.45, 2.75) is 6.54 Å². The van der Waals surface area contributed by atoms with Crippen LogP contribution < -0.4 is 0 Å². The van der Waals surface area contributed by atoms with E-state index in [0.29, 0.717) is 18.0 Å². The topological polar surface area (TPSA) is 15.6 Å². The van der Waals surface area contributed by atoms with Crippen molar-refractivity contribution in [3.8, 4) is 0 Å². The lowest BCUT2D eigenvalue weighted by atomic mass is 10.1. The molecule has 0 spiro atoms. The molecule has 0 amide bonds. The molecule has 0 atom stereocenters. The van der Waals surface area contributed by atoms with Gasteiger partial charge in [0.2, 0.25) is 0 Å². The molecule has 2 aliphatic rings. The van der Waals surface area contributed by atoms with E-state index >= 15 is 0 Å². The first-order chi connectivity index (χ1) is 7.79. The largest absolute Gasteiger partial charge is 0.318 e. The van der Waals surface area contributed by atoms with Crippen LogP contribution >= 0.6 is 23.4 Å². The molecule has 3 rings (SSSR count). The van der Waals surface area contributed by atoms with Gasteiger partial charge in [-0.2, -0.15) is 0 Å². The van der Waals surface area contributed by atoms with Crippen molar-refractivity contribution >= 4 is 34.2 Å². The Hall–Kier alpha value is -1.00. The maximum absolute atomic E-state index is 13.6. The normalized spacial score (nSPS) is 17.8. The number of aliphatic imine (C=N–C) groups is 1. The molecular weight excluding hydrogens is 247 g/mol. The van der Waals surface area contributed by atoms with Crippen LogP contribution in [0.2, 0.25) is 0 Å². The number of nitrogens with zero attached hydrogens (tertiary/aromatic N) is 2. The number of hydrogen-bond donors (Lipinski definition) is 0. The average molecular weight is 255 g/mol. The molecule has 16 heavy (non-hydrogen) atoms. The molecule has 0 radical (unpaired) electrons. The summed E-state index contributed by atoms with van der Waals surface area (Å²) in [6.07, 6.45) is 0. The van der Waals surface area contributed by atoms with E-state index in [1.54, 1.807) is 6.07 Å². The molecule has 0 saturated heterocycles. The highest BCUT2D eigenvalue weighted by Gasteiger charge is 2.28. The lowest BCUT2D eigenvalue weighted by molar-refractivity contribution is 0.493. The quantitative estimate of drug-likeness (QED) is 0.714. The summed E-state index contributed by atoms with van der Waals surface area (Å²) in [6.45, 7) is 0.520. The Labute approximate surface area is 102 Å². The van der Waals surface area contributed by atoms with E-state index in [1.165, 1.54) is 17.8 Å². The first kappa shape index (κ1) is 10.2. The van der Waals surface area contributed by atoms with Crippen molar-refractivity contribution in [1.29, 1.82) is 0 Å². The maximum Gasteiger partial charge on any atom is 0.173 e. The van der Waals surface area contributed by atoms with E-state index in [0.717, 1.165) is 16.6 Å². The van der Waals surface area contributed by atoms with E-state index in [2.05, 4.69) is 4.99 Å². The van der Waals surface area contributed by atoms with Gasteiger partial charge in [0.15, 0.2) is 5.17 Å². The number of halogens is 2. The number of alkyl halides is 1. The van der Waals surface area contributed by atoms with E-state index in [9.17, 15) is 4.39 Å². The van der Waals surface area contributed by atoms with Gasteiger partial charge in [-0.15, -0.1) is 11.6 Å². The van der Waals surface area contributed by atoms with Gasteiger partial charge in [-0.1, -0.05) is 17.8 Å². The fourth-order valence-corrected chi connectivity index (χ4v) is 3.03. The van der Waals surface area contributed by atoms with Crippen molar-refractivity contribution in [3.63, 3.8) is 0 Å². The van der Waals surface area contributed by atoms with E-state index in [1.807, 2.05) is 16.4 Å². The van der Waals surface area contributed by atoms with Gasteiger partial charge in [0.1, 0.15) is 5.82 Å². The molecule has 0 fully saturated rings. The molecule has 0 saturated carbocycles. The van der Waals surface area contributed by atoms with Gasteiger partial charge in [-0.25, -0.2) is 9.38 Å². The summed E-state index contributed by atoms with van der Waals surface area (Å²) in [6, 6.07) is 4.98. The predicted octanol–water partition coefficient (Wildman–Crippen LogP) is 3.46. The smallest absolute Gasteiger partial charge is 0.173 e. The van der Waals surface area contributed by atoms with Crippen LogP contribution in [0.15, 0.2) is 34.3 Å². The second-order valence-corrected chi connectivity index (χ2v) is 4.68. The number of allylic oxidation sites excluding steroid dienone is 1. The Kier molecular flexibility index (Phi) is 2.41. The summed E-state index contributed by atoms with van der Waals surface area (Å²) in [5.74, 6) is 0.224. The summed E-state index contributed by atoms with van der Waals surface area (Å²) in [7, 11) is 0. The highest BCUT2D eigenvalue weighted by Crippen LogP contribution is 2.37. The molecule has 1 aromatic rings. The van der Waals surface area contributed by atoms with E-state index < -0.39 is 0 Å². The molecule has 2 aliphatic heterocycles. The van der Waals surface area contributed by atoms with Crippen LogP contribution in [0.1, 0.15) is 5.56 Å². The van der Waals surface area contributed by atoms with Gasteiger partial charge in [-0.3, -0.25) is 0 Å². The molecule has 0 aromatic heterocycles. The monoisotopic (exact) mass is 254 g/mol. The van der Waals surface area contributed by atoms with Gasteiger partial charge < -0.3 is 4.90 Å². The molecule has 2 nitrogen and oxygen atoms in total. The fourth-order valence-electron chi connectivity index (χ4n) is 1.80. The van der Waals surface area contributed by atoms with Gasteiger partial charge in [0.05, 0.1) is 18.1 Å². The zero-order chi connectivity index (χ0) is 11.1. The van der Waals surface area contributed by atoms with Crippen LogP contribution in [-0.4, -0.2) is 15.9 Å². The van der Waals surface area contributed by atoms with Gasteiger partial charge in [0, 0.05) is 11.3 Å². The number of rotatable bonds is 1. The van der Waals surface area contributed by atoms with Crippen molar-refractivity contribution in [2.24, 2.45) is 4.99 Å². The molecule has 0 N–H and O–H groups in total. The minimum Gasteiger partial charge on any atom is -0.318 e. The Balaban J connectivity index is 2.07. The zero-order valence-electron chi connectivity index (χ0n) is 8.28. The van der Waals surface area contributed by atoms with Gasteiger partial charge in [-0.05, 0) is 17.5 Å². The summed E-state index contributed by atoms with van der Waals surface area (Å²) < 4.78 is 13.6. The van der Waals surface area contributed by atoms with E-state index in [4.69, 9.17) is 11.6 Å². The van der Waals surface area contributed by atoms with Crippen LogP contribution in [0.5, 0.6) is 0 Å². The average Bonchev–Trinajstić information content (AvgIpc) is 2.69. The molecule has 0 bridgehead atoms. The second-order valence-electron chi connectivity index (χ2n) is 3.58. The first-order valence-corrected chi connectivity index (χ1v) is 6.26. The van der Waals surface area contributed by atoms with E-state index in [-0.39, 0.29) is 5.82 Å². The molecular formula is C11H8ClFN2S. The Bertz CT molecular complexity index is 513. The van der Waals surface area contributed by atoms with Crippen molar-refractivity contribution < 1.29 is 4.39 Å². The van der Waals surface area contributed by atoms with Crippen LogP contribution in [0.4, 0.5) is 10.1 Å². The fraction of sp³-hybridized carbons (Fsp3) is 0.182. The van der Waals surface area contributed by atoms with Crippen LogP contribution in [0.25, 0.3) is 0 Å². The number of amidine groups is 1. The van der Waals surface area contributed by atoms with Crippen LogP contribution in [-0.2, 0) is 6.54 Å². The summed E-state index contributed by atoms with van der Waals surface area (Å²) >= 11 is 7.36. The summed E-state index contributed by atoms with van der Waals surface area (Å²) in [5, 5.41) is 2.85. The standard InChI is InChI=1S/C11H8ClFN2S/c12-4-7-6-16-11-14-10-3-1-2-9(13)8(10)5-15(7)11/h1-3,6H,4-5H2. The van der Waals surface area contributed by atoms with Gasteiger partial charge >= 0.3 is 0 Å². The second kappa shape index (κ2) is 3.79. The minimum absolute atomic E-state index is 0.203. The van der Waals surface area contributed by atoms with Crippen LogP contribution in [0, 0.1) is 5.82 Å². The lowest BCUT2D eigenvalue weighted by Gasteiger charge is -2.26. The van der Waals surface area contributed by atoms with Crippen molar-refractivity contribution in [1.82, 2.24) is 4.90 Å². The number of fused-ring (bicyclic) bond motifs is 2. The third-order valence-electron chi connectivity index (χ3n) is 2.64. The highest BCUT2D eigenvalue weighted by atomic mass is 35.5. The van der Waals surface area contributed by atoms with Crippen LogP contribution in [0.3, 0.4) is 0 Å². The number of hydrogen-bond acceptors (Lipinski definition) is 3. The zero-order valence-corrected chi connectivity index (χ0v) is 9.85. The Morgan fingerprint density at radius 1 is 1.50 bits per heavy atom. The summed E-state index contributed by atoms with van der Waals surface area (Å²) in [4.78, 5) is 6.38. The Morgan fingerprint density at radius 2 is 2.38 bits per heavy atom. The summed E-state index contributed by atoms with van der Waals surface area (Å²) in [5.41, 5.74) is 2.35. The third kappa shape index (κ3) is 1.44. The Morgan fingerprint density at radius 3 is 3.19 bits per heavy atom. The molecule has 2 heterocycles. The minimum atomic E-state index is -0.203. The molecule has 82 valence electrons.